The first kappa shape index (κ1) is 15.7. The van der Waals surface area contributed by atoms with E-state index in [1.54, 1.807) is 24.5 Å². The van der Waals surface area contributed by atoms with Gasteiger partial charge in [-0.3, -0.25) is 4.79 Å². The van der Waals surface area contributed by atoms with Crippen molar-refractivity contribution in [1.82, 2.24) is 9.97 Å². The van der Waals surface area contributed by atoms with Crippen LogP contribution in [-0.2, 0) is 4.79 Å². The van der Waals surface area contributed by atoms with Crippen molar-refractivity contribution in [3.8, 4) is 0 Å². The molecule has 1 aromatic carbocycles. The number of hydrogen-bond donors (Lipinski definition) is 1. The van der Waals surface area contributed by atoms with Crippen LogP contribution in [0.1, 0.15) is 18.4 Å². The Balaban J connectivity index is 1.66. The zero-order valence-corrected chi connectivity index (χ0v) is 13.8. The maximum absolute atomic E-state index is 12.5. The number of carbonyl (C=O) groups is 1. The van der Waals surface area contributed by atoms with Crippen molar-refractivity contribution in [1.29, 1.82) is 0 Å². The first-order valence-corrected chi connectivity index (χ1v) is 8.10. The second-order valence-corrected chi connectivity index (χ2v) is 6.19. The van der Waals surface area contributed by atoms with Gasteiger partial charge in [0.05, 0.1) is 5.92 Å². The highest BCUT2D eigenvalue weighted by Crippen LogP contribution is 2.23. The summed E-state index contributed by atoms with van der Waals surface area (Å²) in [4.78, 5) is 23.1. The molecule has 1 aliphatic rings. The van der Waals surface area contributed by atoms with Crippen molar-refractivity contribution in [3.63, 3.8) is 0 Å². The zero-order chi connectivity index (χ0) is 16.2. The number of carbonyl (C=O) groups excluding carboxylic acids is 1. The number of rotatable bonds is 3. The highest BCUT2D eigenvalue weighted by molar-refractivity contribution is 6.31. The molecule has 0 aliphatic carbocycles. The summed E-state index contributed by atoms with van der Waals surface area (Å²) in [6.45, 7) is 3.45. The fourth-order valence-corrected chi connectivity index (χ4v) is 2.92. The predicted molar refractivity (Wildman–Crippen MR) is 91.8 cm³/mol. The van der Waals surface area contributed by atoms with E-state index >= 15 is 0 Å². The Labute approximate surface area is 140 Å². The molecular formula is C17H19ClN4O. The molecule has 0 unspecified atom stereocenters. The van der Waals surface area contributed by atoms with Gasteiger partial charge in [-0.1, -0.05) is 17.7 Å². The van der Waals surface area contributed by atoms with Gasteiger partial charge in [0.1, 0.15) is 0 Å². The van der Waals surface area contributed by atoms with Gasteiger partial charge in [0.2, 0.25) is 11.9 Å². The Hall–Kier alpha value is -2.14. The lowest BCUT2D eigenvalue weighted by Crippen LogP contribution is -2.41. The summed E-state index contributed by atoms with van der Waals surface area (Å²) < 4.78 is 0. The van der Waals surface area contributed by atoms with Gasteiger partial charge in [-0.2, -0.15) is 0 Å². The molecular weight excluding hydrogens is 312 g/mol. The van der Waals surface area contributed by atoms with Gasteiger partial charge in [-0.15, -0.1) is 0 Å². The monoisotopic (exact) mass is 330 g/mol. The molecule has 0 bridgehead atoms. The lowest BCUT2D eigenvalue weighted by atomic mass is 9.97. The molecule has 1 fully saturated rings. The van der Waals surface area contributed by atoms with E-state index in [2.05, 4.69) is 20.2 Å². The number of anilines is 2. The fourth-order valence-electron chi connectivity index (χ4n) is 2.74. The van der Waals surface area contributed by atoms with Crippen molar-refractivity contribution in [2.24, 2.45) is 5.92 Å². The van der Waals surface area contributed by atoms with Gasteiger partial charge < -0.3 is 10.2 Å². The van der Waals surface area contributed by atoms with Crippen molar-refractivity contribution in [2.45, 2.75) is 19.8 Å². The van der Waals surface area contributed by atoms with Gasteiger partial charge in [0, 0.05) is 36.2 Å². The highest BCUT2D eigenvalue weighted by Gasteiger charge is 2.27. The normalized spacial score (nSPS) is 17.8. The summed E-state index contributed by atoms with van der Waals surface area (Å²) in [7, 11) is 0. The topological polar surface area (TPSA) is 58.1 Å². The number of aromatic nitrogens is 2. The van der Waals surface area contributed by atoms with Crippen LogP contribution in [0.25, 0.3) is 0 Å². The summed E-state index contributed by atoms with van der Waals surface area (Å²) >= 11 is 6.11. The number of hydrogen-bond acceptors (Lipinski definition) is 4. The largest absolute Gasteiger partial charge is 0.340 e. The molecule has 0 saturated carbocycles. The van der Waals surface area contributed by atoms with Crippen LogP contribution in [0.15, 0.2) is 36.7 Å². The summed E-state index contributed by atoms with van der Waals surface area (Å²) in [5.41, 5.74) is 1.73. The number of piperidine rings is 1. The van der Waals surface area contributed by atoms with Gasteiger partial charge >= 0.3 is 0 Å². The molecule has 3 rings (SSSR count). The number of halogens is 1. The Bertz CT molecular complexity index is 692. The van der Waals surface area contributed by atoms with Crippen molar-refractivity contribution in [3.05, 3.63) is 47.2 Å². The molecule has 0 radical (unpaired) electrons. The van der Waals surface area contributed by atoms with E-state index in [4.69, 9.17) is 11.6 Å². The third-order valence-electron chi connectivity index (χ3n) is 4.07. The van der Waals surface area contributed by atoms with Gasteiger partial charge in [-0.25, -0.2) is 9.97 Å². The van der Waals surface area contributed by atoms with E-state index in [0.717, 1.165) is 30.6 Å². The van der Waals surface area contributed by atoms with Gasteiger partial charge in [0.15, 0.2) is 0 Å². The Kier molecular flexibility index (Phi) is 4.76. The van der Waals surface area contributed by atoms with Crippen LogP contribution in [-0.4, -0.2) is 29.0 Å². The van der Waals surface area contributed by atoms with Gasteiger partial charge in [0.25, 0.3) is 0 Å². The molecule has 1 aliphatic heterocycles. The van der Waals surface area contributed by atoms with E-state index in [0.29, 0.717) is 17.5 Å². The number of benzene rings is 1. The standard InChI is InChI=1S/C17H19ClN4O/c1-12-5-6-14(10-15(12)18)21-16(23)13-4-2-9-22(11-13)17-19-7-3-8-20-17/h3,5-8,10,13H,2,4,9,11H2,1H3,(H,21,23)/t13-/m0/s1. The molecule has 1 N–H and O–H groups in total. The second kappa shape index (κ2) is 6.96. The Morgan fingerprint density at radius 2 is 2.13 bits per heavy atom. The van der Waals surface area contributed by atoms with E-state index in [1.165, 1.54) is 0 Å². The zero-order valence-electron chi connectivity index (χ0n) is 13.0. The predicted octanol–water partition coefficient (Wildman–Crippen LogP) is 3.29. The average molecular weight is 331 g/mol. The fraction of sp³-hybridized carbons (Fsp3) is 0.353. The number of nitrogens with zero attached hydrogens (tertiary/aromatic N) is 3. The molecule has 120 valence electrons. The molecule has 5 nitrogen and oxygen atoms in total. The Morgan fingerprint density at radius 1 is 1.35 bits per heavy atom. The number of nitrogens with one attached hydrogen (secondary N) is 1. The third-order valence-corrected chi connectivity index (χ3v) is 4.47. The minimum Gasteiger partial charge on any atom is -0.340 e. The quantitative estimate of drug-likeness (QED) is 0.938. The molecule has 23 heavy (non-hydrogen) atoms. The van der Waals surface area contributed by atoms with Crippen LogP contribution in [0.4, 0.5) is 11.6 Å². The number of amides is 1. The number of aryl methyl sites for hydroxylation is 1. The molecule has 2 heterocycles. The molecule has 1 saturated heterocycles. The van der Waals surface area contributed by atoms with E-state index in [9.17, 15) is 4.79 Å². The van der Waals surface area contributed by atoms with Crippen LogP contribution in [0.5, 0.6) is 0 Å². The first-order valence-electron chi connectivity index (χ1n) is 7.72. The summed E-state index contributed by atoms with van der Waals surface area (Å²) in [5, 5.41) is 3.62. The van der Waals surface area contributed by atoms with Crippen molar-refractivity contribution in [2.75, 3.05) is 23.3 Å². The van der Waals surface area contributed by atoms with Crippen LogP contribution < -0.4 is 10.2 Å². The SMILES string of the molecule is Cc1ccc(NC(=O)[C@H]2CCCN(c3ncccn3)C2)cc1Cl. The Morgan fingerprint density at radius 3 is 2.87 bits per heavy atom. The maximum atomic E-state index is 12.5. The second-order valence-electron chi connectivity index (χ2n) is 5.79. The summed E-state index contributed by atoms with van der Waals surface area (Å²) in [6, 6.07) is 7.36. The van der Waals surface area contributed by atoms with Gasteiger partial charge in [-0.05, 0) is 43.5 Å². The molecule has 2 aromatic rings. The maximum Gasteiger partial charge on any atom is 0.229 e. The lowest BCUT2D eigenvalue weighted by molar-refractivity contribution is -0.120. The summed E-state index contributed by atoms with van der Waals surface area (Å²) in [6.07, 6.45) is 5.26. The van der Waals surface area contributed by atoms with Crippen LogP contribution in [0.3, 0.4) is 0 Å². The van der Waals surface area contributed by atoms with Crippen molar-refractivity contribution >= 4 is 29.1 Å². The van der Waals surface area contributed by atoms with Crippen molar-refractivity contribution < 1.29 is 4.79 Å². The van der Waals surface area contributed by atoms with Crippen LogP contribution in [0, 0.1) is 12.8 Å². The highest BCUT2D eigenvalue weighted by atomic mass is 35.5. The smallest absolute Gasteiger partial charge is 0.229 e. The average Bonchev–Trinajstić information content (AvgIpc) is 2.59. The van der Waals surface area contributed by atoms with E-state index < -0.39 is 0 Å². The molecule has 0 spiro atoms. The van der Waals surface area contributed by atoms with E-state index in [-0.39, 0.29) is 11.8 Å². The van der Waals surface area contributed by atoms with E-state index in [1.807, 2.05) is 19.1 Å². The minimum absolute atomic E-state index is 0.0190. The minimum atomic E-state index is -0.0763. The van der Waals surface area contributed by atoms with Crippen LogP contribution in [0.2, 0.25) is 5.02 Å². The summed E-state index contributed by atoms with van der Waals surface area (Å²) in [5.74, 6) is 0.626. The first-order chi connectivity index (χ1) is 11.1. The molecule has 6 heteroatoms. The molecule has 1 aromatic heterocycles. The van der Waals surface area contributed by atoms with Crippen LogP contribution >= 0.6 is 11.6 Å². The third kappa shape index (κ3) is 3.79. The molecule has 1 atom stereocenters. The lowest BCUT2D eigenvalue weighted by Gasteiger charge is -2.31. The molecule has 1 amide bonds.